The van der Waals surface area contributed by atoms with Gasteiger partial charge in [-0.05, 0) is 35.0 Å². The van der Waals surface area contributed by atoms with Gasteiger partial charge >= 0.3 is 0 Å². The third-order valence-electron chi connectivity index (χ3n) is 4.21. The first-order chi connectivity index (χ1) is 14.6. The van der Waals surface area contributed by atoms with Gasteiger partial charge in [-0.2, -0.15) is 10.4 Å². The molecule has 0 aliphatic rings. The van der Waals surface area contributed by atoms with E-state index in [2.05, 4.69) is 42.0 Å². The second-order valence-corrected chi connectivity index (χ2v) is 6.61. The molecule has 0 spiro atoms. The number of ether oxygens (including phenoxy) is 1. The molecular weight excluding hydrogens is 384 g/mol. The fraction of sp³-hybridized carbons (Fsp3) is 0.211. The van der Waals surface area contributed by atoms with Crippen molar-refractivity contribution in [2.24, 2.45) is 7.05 Å². The number of rotatable bonds is 7. The molecular formula is C19H18N10O. The molecule has 4 rings (SSSR count). The molecule has 30 heavy (non-hydrogen) atoms. The smallest absolute Gasteiger partial charge is 0.227 e. The number of aromatic nitrogens is 8. The van der Waals surface area contributed by atoms with Gasteiger partial charge in [0, 0.05) is 31.2 Å². The molecule has 0 saturated carbocycles. The maximum absolute atomic E-state index is 9.42. The predicted molar refractivity (Wildman–Crippen MR) is 107 cm³/mol. The van der Waals surface area contributed by atoms with E-state index in [1.807, 2.05) is 32.3 Å². The number of hydrogen-bond acceptors (Lipinski definition) is 9. The highest BCUT2D eigenvalue weighted by molar-refractivity contribution is 5.66. The number of benzene rings is 1. The molecule has 4 aromatic rings. The van der Waals surface area contributed by atoms with E-state index in [0.717, 1.165) is 16.8 Å². The molecule has 150 valence electrons. The lowest BCUT2D eigenvalue weighted by atomic mass is 10.1. The second kappa shape index (κ2) is 8.36. The maximum atomic E-state index is 9.42. The van der Waals surface area contributed by atoms with Gasteiger partial charge in [-0.1, -0.05) is 6.07 Å². The zero-order valence-corrected chi connectivity index (χ0v) is 16.3. The standard InChI is InChI=1S/C19H18N10O/c1-13(10-29-12-23-26-27-29)30-18-5-14(3-4-15(18)6-20)16-7-21-19(22-8-16)25-17-9-24-28(2)11-17/h3-5,7-9,11-13H,10H2,1-2H3,(H,21,22,25)/t13-/m0/s1. The van der Waals surface area contributed by atoms with Gasteiger partial charge in [-0.3, -0.25) is 4.68 Å². The molecule has 0 saturated heterocycles. The van der Waals surface area contributed by atoms with Gasteiger partial charge in [0.25, 0.3) is 0 Å². The Labute approximate surface area is 172 Å². The Morgan fingerprint density at radius 2 is 2.03 bits per heavy atom. The lowest BCUT2D eigenvalue weighted by Crippen LogP contribution is -2.20. The van der Waals surface area contributed by atoms with Crippen LogP contribution in [0.25, 0.3) is 11.1 Å². The Hall–Kier alpha value is -4.33. The Bertz CT molecular complexity index is 1160. The van der Waals surface area contributed by atoms with Crippen molar-refractivity contribution in [3.8, 4) is 22.9 Å². The van der Waals surface area contributed by atoms with Crippen LogP contribution in [-0.2, 0) is 13.6 Å². The number of nitrogens with one attached hydrogen (secondary N) is 1. The quantitative estimate of drug-likeness (QED) is 0.492. The molecule has 0 fully saturated rings. The van der Waals surface area contributed by atoms with E-state index in [1.165, 1.54) is 6.33 Å². The summed E-state index contributed by atoms with van der Waals surface area (Å²) in [7, 11) is 1.84. The van der Waals surface area contributed by atoms with Crippen LogP contribution in [0.15, 0.2) is 49.3 Å². The maximum Gasteiger partial charge on any atom is 0.227 e. The average molecular weight is 402 g/mol. The number of aryl methyl sites for hydroxylation is 1. The normalized spacial score (nSPS) is 11.6. The van der Waals surface area contributed by atoms with Gasteiger partial charge < -0.3 is 10.1 Å². The van der Waals surface area contributed by atoms with Gasteiger partial charge in [0.1, 0.15) is 24.3 Å². The van der Waals surface area contributed by atoms with Crippen molar-refractivity contribution in [3.05, 3.63) is 54.9 Å². The predicted octanol–water partition coefficient (Wildman–Crippen LogP) is 1.95. The molecule has 0 amide bonds. The number of anilines is 2. The molecule has 0 aliphatic heterocycles. The van der Waals surface area contributed by atoms with Crippen LogP contribution in [0.1, 0.15) is 12.5 Å². The molecule has 3 heterocycles. The van der Waals surface area contributed by atoms with E-state index in [1.54, 1.807) is 34.0 Å². The van der Waals surface area contributed by atoms with Crippen molar-refractivity contribution in [1.82, 2.24) is 40.0 Å². The number of hydrogen-bond donors (Lipinski definition) is 1. The van der Waals surface area contributed by atoms with Crippen molar-refractivity contribution in [2.75, 3.05) is 5.32 Å². The van der Waals surface area contributed by atoms with E-state index in [-0.39, 0.29) is 6.10 Å². The van der Waals surface area contributed by atoms with Crippen molar-refractivity contribution in [1.29, 1.82) is 5.26 Å². The van der Waals surface area contributed by atoms with Gasteiger partial charge in [-0.25, -0.2) is 14.6 Å². The van der Waals surface area contributed by atoms with Crippen LogP contribution in [0, 0.1) is 11.3 Å². The zero-order chi connectivity index (χ0) is 20.9. The van der Waals surface area contributed by atoms with E-state index in [0.29, 0.717) is 23.8 Å². The van der Waals surface area contributed by atoms with Gasteiger partial charge in [0.05, 0.1) is 24.0 Å². The van der Waals surface area contributed by atoms with Crippen molar-refractivity contribution < 1.29 is 4.74 Å². The molecule has 1 N–H and O–H groups in total. The summed E-state index contributed by atoms with van der Waals surface area (Å²) in [4.78, 5) is 8.70. The topological polar surface area (TPSA) is 132 Å². The molecule has 1 aromatic carbocycles. The molecule has 11 heteroatoms. The summed E-state index contributed by atoms with van der Waals surface area (Å²) in [5.74, 6) is 0.945. The molecule has 11 nitrogen and oxygen atoms in total. The molecule has 3 aromatic heterocycles. The average Bonchev–Trinajstić information content (AvgIpc) is 3.40. The Morgan fingerprint density at radius 3 is 2.70 bits per heavy atom. The SMILES string of the molecule is C[C@@H](Cn1cnnn1)Oc1cc(-c2cnc(Nc3cnn(C)c3)nc2)ccc1C#N. The summed E-state index contributed by atoms with van der Waals surface area (Å²) in [6.07, 6.45) is 8.22. The minimum absolute atomic E-state index is 0.238. The zero-order valence-electron chi connectivity index (χ0n) is 16.3. The second-order valence-electron chi connectivity index (χ2n) is 6.61. The number of tetrazole rings is 1. The highest BCUT2D eigenvalue weighted by atomic mass is 16.5. The van der Waals surface area contributed by atoms with E-state index >= 15 is 0 Å². The summed E-state index contributed by atoms with van der Waals surface area (Å²) in [5.41, 5.74) is 2.88. The van der Waals surface area contributed by atoms with Crippen LogP contribution >= 0.6 is 0 Å². The summed E-state index contributed by atoms with van der Waals surface area (Å²) in [6.45, 7) is 2.34. The number of nitrogens with zero attached hydrogens (tertiary/aromatic N) is 9. The Balaban J connectivity index is 1.51. The van der Waals surface area contributed by atoms with Crippen molar-refractivity contribution >= 4 is 11.6 Å². The van der Waals surface area contributed by atoms with Gasteiger partial charge in [0.2, 0.25) is 5.95 Å². The van der Waals surface area contributed by atoms with E-state index < -0.39 is 0 Å². The first kappa shape index (κ1) is 19.0. The summed E-state index contributed by atoms with van der Waals surface area (Å²) in [6, 6.07) is 7.52. The Kier molecular flexibility index (Phi) is 5.29. The fourth-order valence-electron chi connectivity index (χ4n) is 2.83. The third kappa shape index (κ3) is 4.39. The van der Waals surface area contributed by atoms with Crippen LogP contribution < -0.4 is 10.1 Å². The van der Waals surface area contributed by atoms with Crippen molar-refractivity contribution in [3.63, 3.8) is 0 Å². The highest BCUT2D eigenvalue weighted by Crippen LogP contribution is 2.28. The monoisotopic (exact) mass is 402 g/mol. The summed E-state index contributed by atoms with van der Waals surface area (Å²) >= 11 is 0. The molecule has 0 unspecified atom stereocenters. The summed E-state index contributed by atoms with van der Waals surface area (Å²) in [5, 5.41) is 27.6. The lowest BCUT2D eigenvalue weighted by molar-refractivity contribution is 0.192. The van der Waals surface area contributed by atoms with Crippen LogP contribution in [-0.4, -0.2) is 46.1 Å². The lowest BCUT2D eigenvalue weighted by Gasteiger charge is -2.16. The largest absolute Gasteiger partial charge is 0.487 e. The van der Waals surface area contributed by atoms with Crippen LogP contribution in [0.5, 0.6) is 5.75 Å². The van der Waals surface area contributed by atoms with Crippen LogP contribution in [0.2, 0.25) is 0 Å². The van der Waals surface area contributed by atoms with Crippen LogP contribution in [0.3, 0.4) is 0 Å². The minimum Gasteiger partial charge on any atom is -0.487 e. The first-order valence-corrected chi connectivity index (χ1v) is 9.10. The van der Waals surface area contributed by atoms with Gasteiger partial charge in [-0.15, -0.1) is 5.10 Å². The van der Waals surface area contributed by atoms with E-state index in [4.69, 9.17) is 4.74 Å². The molecule has 1 atom stereocenters. The summed E-state index contributed by atoms with van der Waals surface area (Å²) < 4.78 is 9.24. The van der Waals surface area contributed by atoms with Crippen LogP contribution in [0.4, 0.5) is 11.6 Å². The van der Waals surface area contributed by atoms with Crippen molar-refractivity contribution in [2.45, 2.75) is 19.6 Å². The fourth-order valence-corrected chi connectivity index (χ4v) is 2.83. The third-order valence-corrected chi connectivity index (χ3v) is 4.21. The number of nitriles is 1. The molecule has 0 aliphatic carbocycles. The Morgan fingerprint density at radius 1 is 1.20 bits per heavy atom. The highest BCUT2D eigenvalue weighted by Gasteiger charge is 2.12. The molecule has 0 radical (unpaired) electrons. The van der Waals surface area contributed by atoms with E-state index in [9.17, 15) is 5.26 Å². The molecule has 0 bridgehead atoms. The first-order valence-electron chi connectivity index (χ1n) is 9.10. The minimum atomic E-state index is -0.238. The van der Waals surface area contributed by atoms with Gasteiger partial charge in [0.15, 0.2) is 0 Å².